The van der Waals surface area contributed by atoms with Crippen LogP contribution >= 0.6 is 0 Å². The third-order valence-corrected chi connectivity index (χ3v) is 4.13. The Labute approximate surface area is 127 Å². The summed E-state index contributed by atoms with van der Waals surface area (Å²) in [5, 5.41) is 0. The van der Waals surface area contributed by atoms with Gasteiger partial charge in [0, 0.05) is 23.7 Å². The molecule has 3 nitrogen and oxygen atoms in total. The molecule has 1 unspecified atom stereocenters. The first-order valence-electron chi connectivity index (χ1n) is 7.65. The third-order valence-electron chi connectivity index (χ3n) is 4.13. The molecule has 1 saturated heterocycles. The summed E-state index contributed by atoms with van der Waals surface area (Å²) in [5.41, 5.74) is 8.04. The molecule has 1 fully saturated rings. The van der Waals surface area contributed by atoms with E-state index < -0.39 is 0 Å². The van der Waals surface area contributed by atoms with E-state index in [0.717, 1.165) is 36.1 Å². The minimum atomic E-state index is 0.139. The minimum Gasteiger partial charge on any atom is -0.335 e. The van der Waals surface area contributed by atoms with Gasteiger partial charge in [-0.25, -0.2) is 0 Å². The monoisotopic (exact) mass is 284 g/mol. The number of carbonyl (C=O) groups excluding carboxylic acids is 1. The Kier molecular flexibility index (Phi) is 5.03. The largest absolute Gasteiger partial charge is 0.335 e. The molecule has 1 aromatic rings. The van der Waals surface area contributed by atoms with Crippen LogP contribution in [0.15, 0.2) is 18.2 Å². The first-order valence-corrected chi connectivity index (χ1v) is 7.65. The smallest absolute Gasteiger partial charge is 0.254 e. The number of nitrogens with two attached hydrogens (primary N) is 1. The summed E-state index contributed by atoms with van der Waals surface area (Å²) in [6, 6.07) is 6.17. The van der Waals surface area contributed by atoms with Crippen molar-refractivity contribution in [2.45, 2.75) is 39.7 Å². The van der Waals surface area contributed by atoms with Crippen LogP contribution in [0.1, 0.15) is 48.2 Å². The van der Waals surface area contributed by atoms with E-state index >= 15 is 0 Å². The third kappa shape index (κ3) is 3.46. The summed E-state index contributed by atoms with van der Waals surface area (Å²) in [6.45, 7) is 7.55. The fraction of sp³-hybridized carbons (Fsp3) is 0.500. The van der Waals surface area contributed by atoms with Gasteiger partial charge in [0.15, 0.2) is 0 Å². The fourth-order valence-electron chi connectivity index (χ4n) is 2.98. The molecular formula is C18H24N2O. The molecular weight excluding hydrogens is 260 g/mol. The SMILES string of the molecule is Cc1ccc(C#CCN)cc1C(=O)N1CCCC1C(C)C. The van der Waals surface area contributed by atoms with Gasteiger partial charge in [0.05, 0.1) is 6.54 Å². The summed E-state index contributed by atoms with van der Waals surface area (Å²) in [5.74, 6) is 6.48. The highest BCUT2D eigenvalue weighted by Gasteiger charge is 2.31. The first-order chi connectivity index (χ1) is 10.0. The Morgan fingerprint density at radius 3 is 2.90 bits per heavy atom. The summed E-state index contributed by atoms with van der Waals surface area (Å²) in [4.78, 5) is 14.9. The summed E-state index contributed by atoms with van der Waals surface area (Å²) in [6.07, 6.45) is 2.20. The highest BCUT2D eigenvalue weighted by Crippen LogP contribution is 2.26. The van der Waals surface area contributed by atoms with Gasteiger partial charge in [-0.3, -0.25) is 4.79 Å². The number of amides is 1. The summed E-state index contributed by atoms with van der Waals surface area (Å²) >= 11 is 0. The zero-order valence-corrected chi connectivity index (χ0v) is 13.1. The molecule has 1 amide bonds. The molecule has 1 aliphatic heterocycles. The molecule has 0 saturated carbocycles. The number of aryl methyl sites for hydroxylation is 1. The van der Waals surface area contributed by atoms with E-state index in [1.54, 1.807) is 0 Å². The molecule has 2 rings (SSSR count). The van der Waals surface area contributed by atoms with Crippen molar-refractivity contribution < 1.29 is 4.79 Å². The summed E-state index contributed by atoms with van der Waals surface area (Å²) < 4.78 is 0. The molecule has 0 aliphatic carbocycles. The lowest BCUT2D eigenvalue weighted by Gasteiger charge is -2.28. The number of nitrogens with zero attached hydrogens (tertiary/aromatic N) is 1. The van der Waals surface area contributed by atoms with Crippen molar-refractivity contribution in [1.29, 1.82) is 0 Å². The lowest BCUT2D eigenvalue weighted by Crippen LogP contribution is -2.38. The van der Waals surface area contributed by atoms with Crippen LogP contribution in [-0.2, 0) is 0 Å². The van der Waals surface area contributed by atoms with Crippen molar-refractivity contribution in [3.8, 4) is 11.8 Å². The van der Waals surface area contributed by atoms with Crippen LogP contribution in [0.2, 0.25) is 0 Å². The van der Waals surface area contributed by atoms with Crippen LogP contribution < -0.4 is 5.73 Å². The first kappa shape index (κ1) is 15.6. The van der Waals surface area contributed by atoms with Crippen LogP contribution in [0, 0.1) is 24.7 Å². The van der Waals surface area contributed by atoms with Crippen LogP contribution in [0.25, 0.3) is 0 Å². The Morgan fingerprint density at radius 1 is 1.48 bits per heavy atom. The van der Waals surface area contributed by atoms with Crippen molar-refractivity contribution >= 4 is 5.91 Å². The van der Waals surface area contributed by atoms with Crippen LogP contribution in [0.5, 0.6) is 0 Å². The van der Waals surface area contributed by atoms with Crippen LogP contribution in [-0.4, -0.2) is 29.9 Å². The predicted octanol–water partition coefficient (Wildman–Crippen LogP) is 2.57. The van der Waals surface area contributed by atoms with Gasteiger partial charge in [0.2, 0.25) is 0 Å². The minimum absolute atomic E-state index is 0.139. The zero-order valence-electron chi connectivity index (χ0n) is 13.1. The van der Waals surface area contributed by atoms with Crippen molar-refractivity contribution in [3.05, 3.63) is 34.9 Å². The van der Waals surface area contributed by atoms with E-state index in [2.05, 4.69) is 25.7 Å². The van der Waals surface area contributed by atoms with E-state index in [1.807, 2.05) is 30.0 Å². The number of likely N-dealkylation sites (tertiary alicyclic amines) is 1. The molecule has 1 atom stereocenters. The average Bonchev–Trinajstić information content (AvgIpc) is 2.95. The molecule has 0 aromatic heterocycles. The normalized spacial score (nSPS) is 17.8. The second kappa shape index (κ2) is 6.78. The fourth-order valence-corrected chi connectivity index (χ4v) is 2.98. The van der Waals surface area contributed by atoms with Crippen molar-refractivity contribution in [2.75, 3.05) is 13.1 Å². The standard InChI is InChI=1S/C18H24N2O/c1-13(2)17-7-5-11-20(17)18(21)16-12-15(6-4-10-19)9-8-14(16)3/h8-9,12-13,17H,5,7,10-11,19H2,1-3H3. The van der Waals surface area contributed by atoms with Gasteiger partial charge in [-0.2, -0.15) is 0 Å². The van der Waals surface area contributed by atoms with Gasteiger partial charge in [-0.15, -0.1) is 0 Å². The van der Waals surface area contributed by atoms with Crippen LogP contribution in [0.3, 0.4) is 0 Å². The topological polar surface area (TPSA) is 46.3 Å². The lowest BCUT2D eigenvalue weighted by atomic mass is 9.99. The highest BCUT2D eigenvalue weighted by atomic mass is 16.2. The van der Waals surface area contributed by atoms with E-state index in [9.17, 15) is 4.79 Å². The highest BCUT2D eigenvalue weighted by molar-refractivity contribution is 5.96. The number of rotatable bonds is 2. The summed E-state index contributed by atoms with van der Waals surface area (Å²) in [7, 11) is 0. The second-order valence-electron chi connectivity index (χ2n) is 5.99. The van der Waals surface area contributed by atoms with Gasteiger partial charge in [-0.1, -0.05) is 31.8 Å². The molecule has 1 aliphatic rings. The van der Waals surface area contributed by atoms with Crippen molar-refractivity contribution in [2.24, 2.45) is 11.7 Å². The van der Waals surface area contributed by atoms with Gasteiger partial charge < -0.3 is 10.6 Å². The maximum absolute atomic E-state index is 12.9. The molecule has 0 spiro atoms. The van der Waals surface area contributed by atoms with Gasteiger partial charge in [-0.05, 0) is 43.4 Å². The quantitative estimate of drug-likeness (QED) is 0.848. The average molecular weight is 284 g/mol. The van der Waals surface area contributed by atoms with Gasteiger partial charge in [0.1, 0.15) is 0 Å². The Balaban J connectivity index is 2.30. The van der Waals surface area contributed by atoms with Crippen molar-refractivity contribution in [1.82, 2.24) is 4.90 Å². The Hall–Kier alpha value is -1.79. The maximum Gasteiger partial charge on any atom is 0.254 e. The molecule has 21 heavy (non-hydrogen) atoms. The molecule has 1 heterocycles. The Bertz CT molecular complexity index is 581. The van der Waals surface area contributed by atoms with Gasteiger partial charge in [0.25, 0.3) is 5.91 Å². The Morgan fingerprint density at radius 2 is 2.24 bits per heavy atom. The number of benzene rings is 1. The van der Waals surface area contributed by atoms with Gasteiger partial charge >= 0.3 is 0 Å². The maximum atomic E-state index is 12.9. The molecule has 1 aromatic carbocycles. The lowest BCUT2D eigenvalue weighted by molar-refractivity contribution is 0.0701. The van der Waals surface area contributed by atoms with E-state index in [4.69, 9.17) is 5.73 Å². The molecule has 2 N–H and O–H groups in total. The van der Waals surface area contributed by atoms with Crippen LogP contribution in [0.4, 0.5) is 0 Å². The number of hydrogen-bond donors (Lipinski definition) is 1. The molecule has 112 valence electrons. The van der Waals surface area contributed by atoms with E-state index in [0.29, 0.717) is 18.5 Å². The molecule has 0 radical (unpaired) electrons. The van der Waals surface area contributed by atoms with Crippen molar-refractivity contribution in [3.63, 3.8) is 0 Å². The molecule has 0 bridgehead atoms. The predicted molar refractivity (Wildman–Crippen MR) is 86.0 cm³/mol. The number of carbonyl (C=O) groups is 1. The molecule has 3 heteroatoms. The van der Waals surface area contributed by atoms with E-state index in [1.165, 1.54) is 0 Å². The second-order valence-corrected chi connectivity index (χ2v) is 5.99. The zero-order chi connectivity index (χ0) is 15.4. The number of hydrogen-bond acceptors (Lipinski definition) is 2. The van der Waals surface area contributed by atoms with E-state index in [-0.39, 0.29) is 5.91 Å².